The van der Waals surface area contributed by atoms with Gasteiger partial charge in [-0.25, -0.2) is 4.39 Å². The summed E-state index contributed by atoms with van der Waals surface area (Å²) in [5, 5.41) is 3.24. The summed E-state index contributed by atoms with van der Waals surface area (Å²) >= 11 is 0. The molecule has 3 rings (SSSR count). The molecule has 4 heteroatoms. The van der Waals surface area contributed by atoms with E-state index in [0.29, 0.717) is 19.1 Å². The highest BCUT2D eigenvalue weighted by Gasteiger charge is 2.32. The zero-order valence-corrected chi connectivity index (χ0v) is 11.6. The van der Waals surface area contributed by atoms with E-state index in [2.05, 4.69) is 5.32 Å². The molecule has 108 valence electrons. The van der Waals surface area contributed by atoms with Crippen molar-refractivity contribution in [2.45, 2.75) is 38.3 Å². The van der Waals surface area contributed by atoms with Crippen LogP contribution in [0.2, 0.25) is 0 Å². The Morgan fingerprint density at radius 2 is 2.10 bits per heavy atom. The highest BCUT2D eigenvalue weighted by molar-refractivity contribution is 5.79. The summed E-state index contributed by atoms with van der Waals surface area (Å²) in [6.45, 7) is 1.87. The Labute approximate surface area is 119 Å². The average Bonchev–Trinajstić information content (AvgIpc) is 3.28. The first-order chi connectivity index (χ1) is 9.72. The van der Waals surface area contributed by atoms with Crippen LogP contribution in [-0.4, -0.2) is 29.9 Å². The summed E-state index contributed by atoms with van der Waals surface area (Å²) in [6, 6.07) is 6.88. The molecular weight excluding hydrogens is 255 g/mol. The van der Waals surface area contributed by atoms with E-state index in [9.17, 15) is 9.18 Å². The average molecular weight is 276 g/mol. The van der Waals surface area contributed by atoms with Crippen LogP contribution < -0.4 is 5.32 Å². The van der Waals surface area contributed by atoms with Crippen LogP contribution in [0.15, 0.2) is 24.3 Å². The van der Waals surface area contributed by atoms with Crippen LogP contribution in [-0.2, 0) is 11.3 Å². The fourth-order valence-corrected chi connectivity index (χ4v) is 2.45. The number of hydrogen-bond donors (Lipinski definition) is 1. The molecule has 0 spiro atoms. The van der Waals surface area contributed by atoms with Gasteiger partial charge in [-0.15, -0.1) is 0 Å². The van der Waals surface area contributed by atoms with Crippen molar-refractivity contribution in [3.05, 3.63) is 35.6 Å². The van der Waals surface area contributed by atoms with Crippen LogP contribution in [0, 0.1) is 11.7 Å². The third kappa shape index (κ3) is 3.79. The maximum absolute atomic E-state index is 13.2. The zero-order valence-electron chi connectivity index (χ0n) is 11.6. The topological polar surface area (TPSA) is 32.3 Å². The van der Waals surface area contributed by atoms with Crippen molar-refractivity contribution in [3.8, 4) is 0 Å². The summed E-state index contributed by atoms with van der Waals surface area (Å²) in [4.78, 5) is 14.2. The Morgan fingerprint density at radius 3 is 2.75 bits per heavy atom. The van der Waals surface area contributed by atoms with Gasteiger partial charge in [0.15, 0.2) is 0 Å². The maximum atomic E-state index is 13.2. The maximum Gasteiger partial charge on any atom is 0.237 e. The van der Waals surface area contributed by atoms with Crippen molar-refractivity contribution in [1.82, 2.24) is 10.2 Å². The number of carbonyl (C=O) groups excluding carboxylic acids is 1. The highest BCUT2D eigenvalue weighted by Crippen LogP contribution is 2.29. The lowest BCUT2D eigenvalue weighted by Crippen LogP contribution is -2.39. The molecule has 1 N–H and O–H groups in total. The van der Waals surface area contributed by atoms with E-state index >= 15 is 0 Å². The molecule has 2 aliphatic rings. The van der Waals surface area contributed by atoms with E-state index in [0.717, 1.165) is 30.9 Å². The van der Waals surface area contributed by atoms with Crippen molar-refractivity contribution < 1.29 is 9.18 Å². The Bertz CT molecular complexity index is 483. The fraction of sp³-hybridized carbons (Fsp3) is 0.562. The molecule has 3 nitrogen and oxygen atoms in total. The first-order valence-corrected chi connectivity index (χ1v) is 7.47. The number of nitrogens with zero attached hydrogens (tertiary/aromatic N) is 1. The van der Waals surface area contributed by atoms with Gasteiger partial charge in [-0.05, 0) is 55.8 Å². The molecule has 0 unspecified atom stereocenters. The fourth-order valence-electron chi connectivity index (χ4n) is 2.45. The molecule has 1 aromatic rings. The van der Waals surface area contributed by atoms with Crippen LogP contribution in [0.1, 0.15) is 31.2 Å². The molecule has 1 aromatic carbocycles. The van der Waals surface area contributed by atoms with E-state index in [1.165, 1.54) is 25.0 Å². The van der Waals surface area contributed by atoms with E-state index < -0.39 is 0 Å². The molecule has 2 fully saturated rings. The molecule has 0 radical (unpaired) electrons. The standard InChI is InChI=1S/C16H21FN2O/c17-14-3-1-2-13(8-14)11-19(15-6-7-15)16(20)10-18-9-12-4-5-12/h1-3,8,12,15,18H,4-7,9-11H2. The second-order valence-corrected chi connectivity index (χ2v) is 5.96. The highest BCUT2D eigenvalue weighted by atomic mass is 19.1. The van der Waals surface area contributed by atoms with E-state index in [1.807, 2.05) is 11.0 Å². The summed E-state index contributed by atoms with van der Waals surface area (Å²) in [5.74, 6) is 0.676. The van der Waals surface area contributed by atoms with E-state index in [-0.39, 0.29) is 11.7 Å². The molecule has 0 heterocycles. The van der Waals surface area contributed by atoms with Crippen LogP contribution >= 0.6 is 0 Å². The molecule has 0 saturated heterocycles. The normalized spacial score (nSPS) is 18.1. The van der Waals surface area contributed by atoms with Gasteiger partial charge >= 0.3 is 0 Å². The molecule has 2 aliphatic carbocycles. The number of rotatable bonds is 7. The molecule has 0 aromatic heterocycles. The SMILES string of the molecule is O=C(CNCC1CC1)N(Cc1cccc(F)c1)C1CC1. The van der Waals surface area contributed by atoms with Gasteiger partial charge in [0.05, 0.1) is 6.54 Å². The number of carbonyl (C=O) groups is 1. The largest absolute Gasteiger partial charge is 0.334 e. The van der Waals surface area contributed by atoms with Gasteiger partial charge in [-0.3, -0.25) is 4.79 Å². The van der Waals surface area contributed by atoms with Gasteiger partial charge in [0.25, 0.3) is 0 Å². The van der Waals surface area contributed by atoms with Crippen molar-refractivity contribution in [1.29, 1.82) is 0 Å². The number of halogens is 1. The van der Waals surface area contributed by atoms with Gasteiger partial charge in [-0.2, -0.15) is 0 Å². The summed E-state index contributed by atoms with van der Waals surface area (Å²) in [6.07, 6.45) is 4.72. The van der Waals surface area contributed by atoms with Crippen LogP contribution in [0.5, 0.6) is 0 Å². The number of nitrogens with one attached hydrogen (secondary N) is 1. The number of benzene rings is 1. The minimum atomic E-state index is -0.238. The van der Waals surface area contributed by atoms with Crippen LogP contribution in [0.25, 0.3) is 0 Å². The minimum Gasteiger partial charge on any atom is -0.334 e. The van der Waals surface area contributed by atoms with Gasteiger partial charge in [0.2, 0.25) is 5.91 Å². The van der Waals surface area contributed by atoms with Gasteiger partial charge < -0.3 is 10.2 Å². The van der Waals surface area contributed by atoms with Gasteiger partial charge in [0.1, 0.15) is 5.82 Å². The quantitative estimate of drug-likeness (QED) is 0.829. The Balaban J connectivity index is 1.55. The Morgan fingerprint density at radius 1 is 1.30 bits per heavy atom. The van der Waals surface area contributed by atoms with Gasteiger partial charge in [0, 0.05) is 12.6 Å². The molecule has 1 amide bonds. The molecule has 2 saturated carbocycles. The third-order valence-electron chi connectivity index (χ3n) is 3.96. The zero-order chi connectivity index (χ0) is 13.9. The lowest BCUT2D eigenvalue weighted by Gasteiger charge is -2.23. The smallest absolute Gasteiger partial charge is 0.237 e. The predicted octanol–water partition coefficient (Wildman–Crippen LogP) is 2.32. The molecule has 0 atom stereocenters. The lowest BCUT2D eigenvalue weighted by molar-refractivity contribution is -0.131. The third-order valence-corrected chi connectivity index (χ3v) is 3.96. The molecule has 20 heavy (non-hydrogen) atoms. The van der Waals surface area contributed by atoms with E-state index in [1.54, 1.807) is 6.07 Å². The van der Waals surface area contributed by atoms with E-state index in [4.69, 9.17) is 0 Å². The van der Waals surface area contributed by atoms with Crippen molar-refractivity contribution in [2.24, 2.45) is 5.92 Å². The molecule has 0 aliphatic heterocycles. The van der Waals surface area contributed by atoms with Crippen molar-refractivity contribution >= 4 is 5.91 Å². The lowest BCUT2D eigenvalue weighted by atomic mass is 10.2. The van der Waals surface area contributed by atoms with Crippen LogP contribution in [0.4, 0.5) is 4.39 Å². The first kappa shape index (κ1) is 13.6. The van der Waals surface area contributed by atoms with Crippen molar-refractivity contribution in [3.63, 3.8) is 0 Å². The first-order valence-electron chi connectivity index (χ1n) is 7.47. The predicted molar refractivity (Wildman–Crippen MR) is 75.6 cm³/mol. The minimum absolute atomic E-state index is 0.136. The molecule has 0 bridgehead atoms. The van der Waals surface area contributed by atoms with Crippen LogP contribution in [0.3, 0.4) is 0 Å². The number of amides is 1. The second-order valence-electron chi connectivity index (χ2n) is 5.96. The molecular formula is C16H21FN2O. The summed E-state index contributed by atoms with van der Waals surface area (Å²) < 4.78 is 13.2. The Kier molecular flexibility index (Phi) is 4.01. The van der Waals surface area contributed by atoms with Gasteiger partial charge in [-0.1, -0.05) is 12.1 Å². The summed E-state index contributed by atoms with van der Waals surface area (Å²) in [5.41, 5.74) is 0.868. The Hall–Kier alpha value is -1.42. The van der Waals surface area contributed by atoms with Crippen molar-refractivity contribution in [2.75, 3.05) is 13.1 Å². The summed E-state index contributed by atoms with van der Waals surface area (Å²) in [7, 11) is 0. The monoisotopic (exact) mass is 276 g/mol. The number of hydrogen-bond acceptors (Lipinski definition) is 2. The second kappa shape index (κ2) is 5.92.